The van der Waals surface area contributed by atoms with Crippen LogP contribution in [0.2, 0.25) is 0 Å². The van der Waals surface area contributed by atoms with Gasteiger partial charge in [-0.2, -0.15) is 0 Å². The van der Waals surface area contributed by atoms with E-state index in [0.29, 0.717) is 0 Å². The summed E-state index contributed by atoms with van der Waals surface area (Å²) in [6, 6.07) is 3.85. The molecule has 0 spiro atoms. The molecule has 0 bridgehead atoms. The third kappa shape index (κ3) is 7.85. The first-order valence-corrected chi connectivity index (χ1v) is 7.03. The first-order valence-electron chi connectivity index (χ1n) is 6.22. The summed E-state index contributed by atoms with van der Waals surface area (Å²) in [5.41, 5.74) is 0. The Bertz CT molecular complexity index is 362. The fraction of sp³-hybridized carbons (Fsp3) is 0.400. The quantitative estimate of drug-likeness (QED) is 0.602. The predicted molar refractivity (Wildman–Crippen MR) is 81.3 cm³/mol. The van der Waals surface area contributed by atoms with Gasteiger partial charge in [-0.1, -0.05) is 25.5 Å². The zero-order chi connectivity index (χ0) is 13.8. The van der Waals surface area contributed by atoms with Crippen LogP contribution in [0.15, 0.2) is 37.4 Å². The molecule has 100 valence electrons. The van der Waals surface area contributed by atoms with Gasteiger partial charge in [-0.25, -0.2) is 0 Å². The number of nitrogens with one attached hydrogen (secondary N) is 1. The number of rotatable bonds is 6. The van der Waals surface area contributed by atoms with Crippen LogP contribution in [0.1, 0.15) is 40.7 Å². The highest BCUT2D eigenvalue weighted by Gasteiger charge is 2.05. The van der Waals surface area contributed by atoms with Crippen molar-refractivity contribution in [1.82, 2.24) is 5.32 Å². The minimum atomic E-state index is 0.0616. The standard InChI is InChI=1S/C10H15NOS.C5H8/c1-3-4-7-11-10(12)9-6-5-8(2)13-9;1-3-5-4-2/h5-6H,3-4,7H2,1-2H3,(H,11,12);3-4H,1-2,5H2. The zero-order valence-electron chi connectivity index (χ0n) is 11.4. The topological polar surface area (TPSA) is 29.1 Å². The molecule has 1 amide bonds. The minimum absolute atomic E-state index is 0.0616. The molecule has 1 aromatic rings. The van der Waals surface area contributed by atoms with E-state index in [-0.39, 0.29) is 5.91 Å². The molecule has 0 aliphatic carbocycles. The minimum Gasteiger partial charge on any atom is -0.351 e. The Morgan fingerprint density at radius 1 is 1.39 bits per heavy atom. The maximum atomic E-state index is 11.4. The van der Waals surface area contributed by atoms with E-state index in [1.807, 2.05) is 31.2 Å². The molecule has 3 heteroatoms. The van der Waals surface area contributed by atoms with E-state index in [9.17, 15) is 4.79 Å². The van der Waals surface area contributed by atoms with Crippen molar-refractivity contribution in [2.24, 2.45) is 0 Å². The SMILES string of the molecule is C=CCC=C.CCCCNC(=O)c1ccc(C)s1. The van der Waals surface area contributed by atoms with Crippen molar-refractivity contribution in [3.63, 3.8) is 0 Å². The van der Waals surface area contributed by atoms with Crippen molar-refractivity contribution in [2.45, 2.75) is 33.1 Å². The second kappa shape index (κ2) is 10.8. The molecule has 1 N–H and O–H groups in total. The van der Waals surface area contributed by atoms with E-state index >= 15 is 0 Å². The maximum absolute atomic E-state index is 11.4. The lowest BCUT2D eigenvalue weighted by Gasteiger charge is -2.00. The summed E-state index contributed by atoms with van der Waals surface area (Å²) in [6.07, 6.45) is 6.71. The number of thiophene rings is 1. The van der Waals surface area contributed by atoms with Gasteiger partial charge in [0.2, 0.25) is 0 Å². The Kier molecular flexibility index (Phi) is 9.97. The number of carbonyl (C=O) groups excluding carboxylic acids is 1. The van der Waals surface area contributed by atoms with Crippen molar-refractivity contribution in [3.8, 4) is 0 Å². The largest absolute Gasteiger partial charge is 0.351 e. The highest BCUT2D eigenvalue weighted by molar-refractivity contribution is 7.13. The van der Waals surface area contributed by atoms with E-state index in [2.05, 4.69) is 25.4 Å². The van der Waals surface area contributed by atoms with Crippen LogP contribution in [0.25, 0.3) is 0 Å². The lowest BCUT2D eigenvalue weighted by Crippen LogP contribution is -2.23. The Morgan fingerprint density at radius 2 is 2.06 bits per heavy atom. The van der Waals surface area contributed by atoms with Gasteiger partial charge in [0, 0.05) is 11.4 Å². The molecule has 0 saturated carbocycles. The van der Waals surface area contributed by atoms with Crippen LogP contribution in [0, 0.1) is 6.92 Å². The molecule has 1 aromatic heterocycles. The summed E-state index contributed by atoms with van der Waals surface area (Å²) in [5, 5.41) is 2.88. The van der Waals surface area contributed by atoms with Crippen LogP contribution in [-0.4, -0.2) is 12.5 Å². The Morgan fingerprint density at radius 3 is 2.44 bits per heavy atom. The van der Waals surface area contributed by atoms with Crippen LogP contribution < -0.4 is 5.32 Å². The van der Waals surface area contributed by atoms with E-state index in [0.717, 1.165) is 30.7 Å². The van der Waals surface area contributed by atoms with Crippen LogP contribution >= 0.6 is 11.3 Å². The molecule has 0 radical (unpaired) electrons. The van der Waals surface area contributed by atoms with E-state index < -0.39 is 0 Å². The molecular weight excluding hydrogens is 242 g/mol. The molecule has 0 saturated heterocycles. The van der Waals surface area contributed by atoms with Gasteiger partial charge in [-0.05, 0) is 31.9 Å². The van der Waals surface area contributed by atoms with E-state index in [1.54, 1.807) is 11.3 Å². The third-order valence-corrected chi connectivity index (χ3v) is 3.11. The third-order valence-electron chi connectivity index (χ3n) is 2.11. The number of hydrogen-bond donors (Lipinski definition) is 1. The number of carbonyl (C=O) groups is 1. The van der Waals surface area contributed by atoms with Crippen LogP contribution in [-0.2, 0) is 0 Å². The molecule has 1 rings (SSSR count). The molecule has 0 unspecified atom stereocenters. The lowest BCUT2D eigenvalue weighted by atomic mass is 10.3. The summed E-state index contributed by atoms with van der Waals surface area (Å²) in [6.45, 7) is 11.9. The monoisotopic (exact) mass is 265 g/mol. The van der Waals surface area contributed by atoms with Gasteiger partial charge in [0.15, 0.2) is 0 Å². The highest BCUT2D eigenvalue weighted by atomic mass is 32.1. The van der Waals surface area contributed by atoms with Crippen molar-refractivity contribution in [1.29, 1.82) is 0 Å². The van der Waals surface area contributed by atoms with Crippen molar-refractivity contribution in [3.05, 3.63) is 47.2 Å². The van der Waals surface area contributed by atoms with Crippen LogP contribution in [0.5, 0.6) is 0 Å². The van der Waals surface area contributed by atoms with Gasteiger partial charge >= 0.3 is 0 Å². The average molecular weight is 265 g/mol. The van der Waals surface area contributed by atoms with Crippen molar-refractivity contribution in [2.75, 3.05) is 6.54 Å². The van der Waals surface area contributed by atoms with Crippen molar-refractivity contribution < 1.29 is 4.79 Å². The number of allylic oxidation sites excluding steroid dienone is 2. The number of amides is 1. The molecule has 0 aliphatic rings. The molecule has 0 aromatic carbocycles. The second-order valence-electron chi connectivity index (χ2n) is 3.83. The number of unbranched alkanes of at least 4 members (excludes halogenated alkanes) is 1. The van der Waals surface area contributed by atoms with Gasteiger partial charge in [-0.15, -0.1) is 24.5 Å². The molecule has 0 aliphatic heterocycles. The van der Waals surface area contributed by atoms with Crippen LogP contribution in [0.4, 0.5) is 0 Å². The number of hydrogen-bond acceptors (Lipinski definition) is 2. The number of aryl methyl sites for hydroxylation is 1. The summed E-state index contributed by atoms with van der Waals surface area (Å²) >= 11 is 1.54. The lowest BCUT2D eigenvalue weighted by molar-refractivity contribution is 0.0957. The zero-order valence-corrected chi connectivity index (χ0v) is 12.2. The van der Waals surface area contributed by atoms with Gasteiger partial charge in [0.25, 0.3) is 5.91 Å². The van der Waals surface area contributed by atoms with E-state index in [1.165, 1.54) is 4.88 Å². The Hall–Kier alpha value is -1.35. The fourth-order valence-electron chi connectivity index (χ4n) is 1.14. The van der Waals surface area contributed by atoms with Gasteiger partial charge in [-0.3, -0.25) is 4.79 Å². The Labute approximate surface area is 114 Å². The fourth-order valence-corrected chi connectivity index (χ4v) is 1.92. The molecule has 2 nitrogen and oxygen atoms in total. The smallest absolute Gasteiger partial charge is 0.261 e. The van der Waals surface area contributed by atoms with E-state index in [4.69, 9.17) is 0 Å². The maximum Gasteiger partial charge on any atom is 0.261 e. The summed E-state index contributed by atoms with van der Waals surface area (Å²) < 4.78 is 0. The molecule has 0 atom stereocenters. The molecule has 1 heterocycles. The summed E-state index contributed by atoms with van der Waals surface area (Å²) in [5.74, 6) is 0.0616. The first-order chi connectivity index (χ1) is 8.65. The van der Waals surface area contributed by atoms with Crippen molar-refractivity contribution >= 4 is 17.2 Å². The molecule has 18 heavy (non-hydrogen) atoms. The molecular formula is C15H23NOS. The van der Waals surface area contributed by atoms with Crippen LogP contribution in [0.3, 0.4) is 0 Å². The predicted octanol–water partition coefficient (Wildman–Crippen LogP) is 4.33. The summed E-state index contributed by atoms with van der Waals surface area (Å²) in [4.78, 5) is 13.4. The normalized spacial score (nSPS) is 9.00. The first kappa shape index (κ1) is 16.6. The van der Waals surface area contributed by atoms with Gasteiger partial charge in [0.05, 0.1) is 4.88 Å². The highest BCUT2D eigenvalue weighted by Crippen LogP contribution is 2.14. The average Bonchev–Trinajstić information content (AvgIpc) is 2.78. The summed E-state index contributed by atoms with van der Waals surface area (Å²) in [7, 11) is 0. The molecule has 0 fully saturated rings. The Balaban J connectivity index is 0.000000494. The van der Waals surface area contributed by atoms with Gasteiger partial charge < -0.3 is 5.32 Å². The van der Waals surface area contributed by atoms with Gasteiger partial charge in [0.1, 0.15) is 0 Å². The second-order valence-corrected chi connectivity index (χ2v) is 5.12.